The van der Waals surface area contributed by atoms with Gasteiger partial charge in [0.25, 0.3) is 0 Å². The summed E-state index contributed by atoms with van der Waals surface area (Å²) in [5.74, 6) is 0.184. The molecule has 1 aliphatic heterocycles. The SMILES string of the molecule is Cc1cc(O)c([C@H]2C[C@@H](O)C[C@@H](CO)O2)cc1Cc1cc2ccccc2s1. The molecule has 3 atom stereocenters. The molecule has 3 aromatic rings. The van der Waals surface area contributed by atoms with E-state index in [-0.39, 0.29) is 12.4 Å². The first-order valence-corrected chi connectivity index (χ1v) is 10.1. The van der Waals surface area contributed by atoms with Gasteiger partial charge in [0, 0.05) is 34.4 Å². The number of ether oxygens (including phenoxy) is 1. The van der Waals surface area contributed by atoms with Gasteiger partial charge in [-0.2, -0.15) is 0 Å². The molecule has 0 saturated carbocycles. The molecule has 0 aliphatic carbocycles. The third-order valence-electron chi connectivity index (χ3n) is 5.25. The summed E-state index contributed by atoms with van der Waals surface area (Å²) in [4.78, 5) is 1.27. The van der Waals surface area contributed by atoms with Crippen molar-refractivity contribution in [1.82, 2.24) is 0 Å². The lowest BCUT2D eigenvalue weighted by Crippen LogP contribution is -2.33. The minimum absolute atomic E-state index is 0.130. The van der Waals surface area contributed by atoms with E-state index < -0.39 is 18.3 Å². The van der Waals surface area contributed by atoms with Crippen LogP contribution in [0.25, 0.3) is 10.1 Å². The largest absolute Gasteiger partial charge is 0.508 e. The Hall–Kier alpha value is -1.92. The molecule has 2 aromatic carbocycles. The Kier molecular flexibility index (Phi) is 5.19. The van der Waals surface area contributed by atoms with Crippen LogP contribution in [0, 0.1) is 6.92 Å². The van der Waals surface area contributed by atoms with E-state index in [0.717, 1.165) is 17.5 Å². The molecule has 1 saturated heterocycles. The van der Waals surface area contributed by atoms with Gasteiger partial charge in [-0.1, -0.05) is 18.2 Å². The van der Waals surface area contributed by atoms with Gasteiger partial charge in [-0.25, -0.2) is 0 Å². The molecule has 27 heavy (non-hydrogen) atoms. The van der Waals surface area contributed by atoms with Crippen LogP contribution in [0.15, 0.2) is 42.5 Å². The average molecular weight is 384 g/mol. The number of fused-ring (bicyclic) bond motifs is 1. The standard InChI is InChI=1S/C22H24O4S/c1-13-6-20(25)19(21-11-16(24)10-17(12-23)26-21)9-15(13)8-18-7-14-4-2-3-5-22(14)27-18/h2-7,9,16-17,21,23-25H,8,10-12H2,1H3/t16-,17-,21+/m0/s1. The van der Waals surface area contributed by atoms with Crippen molar-refractivity contribution in [2.24, 2.45) is 0 Å². The van der Waals surface area contributed by atoms with Crippen LogP contribution in [-0.4, -0.2) is 34.1 Å². The Morgan fingerprint density at radius 1 is 1.15 bits per heavy atom. The quantitative estimate of drug-likeness (QED) is 0.634. The highest BCUT2D eigenvalue weighted by Gasteiger charge is 2.30. The van der Waals surface area contributed by atoms with E-state index in [4.69, 9.17) is 4.74 Å². The minimum atomic E-state index is -0.535. The van der Waals surface area contributed by atoms with Crippen LogP contribution >= 0.6 is 11.3 Å². The van der Waals surface area contributed by atoms with Crippen LogP contribution in [0.2, 0.25) is 0 Å². The molecule has 2 heterocycles. The Bertz CT molecular complexity index is 916. The van der Waals surface area contributed by atoms with Gasteiger partial charge >= 0.3 is 0 Å². The second kappa shape index (κ2) is 7.60. The molecular weight excluding hydrogens is 360 g/mol. The lowest BCUT2D eigenvalue weighted by atomic mass is 9.92. The second-order valence-electron chi connectivity index (χ2n) is 7.32. The third kappa shape index (κ3) is 3.87. The Balaban J connectivity index is 1.64. The molecule has 1 aromatic heterocycles. The molecule has 0 radical (unpaired) electrons. The number of rotatable bonds is 4. The maximum atomic E-state index is 10.5. The van der Waals surface area contributed by atoms with Crippen LogP contribution in [0.5, 0.6) is 5.75 Å². The number of hydrogen-bond donors (Lipinski definition) is 3. The molecule has 0 amide bonds. The molecule has 1 aliphatic rings. The lowest BCUT2D eigenvalue weighted by molar-refractivity contribution is -0.114. The van der Waals surface area contributed by atoms with E-state index in [2.05, 4.69) is 24.3 Å². The predicted molar refractivity (Wildman–Crippen MR) is 107 cm³/mol. The topological polar surface area (TPSA) is 69.9 Å². The van der Waals surface area contributed by atoms with Crippen molar-refractivity contribution in [3.63, 3.8) is 0 Å². The fourth-order valence-corrected chi connectivity index (χ4v) is 4.91. The fraction of sp³-hybridized carbons (Fsp3) is 0.364. The van der Waals surface area contributed by atoms with Crippen LogP contribution in [0.1, 0.15) is 40.5 Å². The number of aliphatic hydroxyl groups is 2. The van der Waals surface area contributed by atoms with Crippen LogP contribution in [-0.2, 0) is 11.2 Å². The van der Waals surface area contributed by atoms with Crippen molar-refractivity contribution in [3.8, 4) is 5.75 Å². The summed E-state index contributed by atoms with van der Waals surface area (Å²) in [6, 6.07) is 14.3. The zero-order chi connectivity index (χ0) is 19.0. The minimum Gasteiger partial charge on any atom is -0.508 e. The van der Waals surface area contributed by atoms with Gasteiger partial charge in [0.05, 0.1) is 24.9 Å². The molecule has 0 bridgehead atoms. The number of thiophene rings is 1. The number of aryl methyl sites for hydroxylation is 1. The summed E-state index contributed by atoms with van der Waals surface area (Å²) in [5.41, 5.74) is 2.86. The van der Waals surface area contributed by atoms with E-state index in [1.54, 1.807) is 17.4 Å². The highest BCUT2D eigenvalue weighted by atomic mass is 32.1. The van der Waals surface area contributed by atoms with Gasteiger partial charge in [-0.05, 0) is 47.7 Å². The Morgan fingerprint density at radius 3 is 2.74 bits per heavy atom. The first-order valence-electron chi connectivity index (χ1n) is 9.27. The highest BCUT2D eigenvalue weighted by Crippen LogP contribution is 2.38. The molecule has 1 fully saturated rings. The van der Waals surface area contributed by atoms with Gasteiger partial charge in [0.1, 0.15) is 5.75 Å². The summed E-state index contributed by atoms with van der Waals surface area (Å²) in [7, 11) is 0. The van der Waals surface area contributed by atoms with Gasteiger partial charge in [-0.15, -0.1) is 11.3 Å². The van der Waals surface area contributed by atoms with Gasteiger partial charge in [-0.3, -0.25) is 0 Å². The van der Waals surface area contributed by atoms with Crippen molar-refractivity contribution in [2.45, 2.75) is 44.5 Å². The zero-order valence-corrected chi connectivity index (χ0v) is 16.1. The third-order valence-corrected chi connectivity index (χ3v) is 6.37. The van der Waals surface area contributed by atoms with Crippen molar-refractivity contribution in [3.05, 3.63) is 64.0 Å². The molecule has 3 N–H and O–H groups in total. The fourth-order valence-electron chi connectivity index (χ4n) is 3.82. The van der Waals surface area contributed by atoms with Crippen molar-refractivity contribution in [1.29, 1.82) is 0 Å². The lowest BCUT2D eigenvalue weighted by Gasteiger charge is -2.33. The maximum Gasteiger partial charge on any atom is 0.121 e. The molecular formula is C22H24O4S. The summed E-state index contributed by atoms with van der Waals surface area (Å²) >= 11 is 1.78. The summed E-state index contributed by atoms with van der Waals surface area (Å²) in [6.07, 6.45) is 0.298. The van der Waals surface area contributed by atoms with E-state index in [9.17, 15) is 15.3 Å². The highest BCUT2D eigenvalue weighted by molar-refractivity contribution is 7.19. The number of phenolic OH excluding ortho intramolecular Hbond substituents is 1. The van der Waals surface area contributed by atoms with Crippen molar-refractivity contribution >= 4 is 21.4 Å². The van der Waals surface area contributed by atoms with Crippen molar-refractivity contribution < 1.29 is 20.1 Å². The van der Waals surface area contributed by atoms with Gasteiger partial charge in [0.15, 0.2) is 0 Å². The molecule has 142 valence electrons. The Labute approximate surface area is 162 Å². The van der Waals surface area contributed by atoms with Crippen molar-refractivity contribution in [2.75, 3.05) is 6.61 Å². The first kappa shape index (κ1) is 18.4. The molecule has 0 unspecified atom stereocenters. The zero-order valence-electron chi connectivity index (χ0n) is 15.3. The normalized spacial score (nSPS) is 23.0. The molecule has 5 heteroatoms. The smallest absolute Gasteiger partial charge is 0.121 e. The summed E-state index contributed by atoms with van der Waals surface area (Å²) < 4.78 is 7.17. The van der Waals surface area contributed by atoms with Gasteiger partial charge < -0.3 is 20.1 Å². The van der Waals surface area contributed by atoms with Crippen LogP contribution < -0.4 is 0 Å². The number of aliphatic hydroxyl groups excluding tert-OH is 2. The van der Waals surface area contributed by atoms with Crippen LogP contribution in [0.4, 0.5) is 0 Å². The van der Waals surface area contributed by atoms with Crippen LogP contribution in [0.3, 0.4) is 0 Å². The average Bonchev–Trinajstić information content (AvgIpc) is 3.05. The Morgan fingerprint density at radius 2 is 1.96 bits per heavy atom. The molecule has 0 spiro atoms. The molecule has 4 nitrogen and oxygen atoms in total. The monoisotopic (exact) mass is 384 g/mol. The second-order valence-corrected chi connectivity index (χ2v) is 8.49. The number of benzene rings is 2. The van der Waals surface area contributed by atoms with Gasteiger partial charge in [0.2, 0.25) is 0 Å². The number of phenols is 1. The maximum absolute atomic E-state index is 10.5. The number of hydrogen-bond acceptors (Lipinski definition) is 5. The number of aromatic hydroxyl groups is 1. The van der Waals surface area contributed by atoms with E-state index in [1.165, 1.54) is 15.0 Å². The summed E-state index contributed by atoms with van der Waals surface area (Å²) in [5, 5.41) is 31.2. The molecule has 4 rings (SSSR count). The van der Waals surface area contributed by atoms with E-state index in [0.29, 0.717) is 18.4 Å². The first-order chi connectivity index (χ1) is 13.0. The van der Waals surface area contributed by atoms with E-state index in [1.807, 2.05) is 19.1 Å². The summed E-state index contributed by atoms with van der Waals surface area (Å²) in [6.45, 7) is 1.87. The predicted octanol–water partition coefficient (Wildman–Crippen LogP) is 4.08. The van der Waals surface area contributed by atoms with E-state index >= 15 is 0 Å².